The SMILES string of the molecule is C[C@@H](CC(=O)N1C(=O)OC[C@@H]1C(C)(C)C)C(F)(F)F. The van der Waals surface area contributed by atoms with E-state index in [0.717, 1.165) is 11.8 Å². The molecule has 0 bridgehead atoms. The standard InChI is InChI=1S/C12H18F3NO3/c1-7(12(13,14)15)5-9(17)16-8(11(2,3)4)6-19-10(16)18/h7-8H,5-6H2,1-4H3/t7-,8+/m0/s1. The molecule has 1 fully saturated rings. The molecule has 1 aliphatic rings. The Labute approximate surface area is 109 Å². The maximum atomic E-state index is 12.4. The number of imide groups is 1. The van der Waals surface area contributed by atoms with Gasteiger partial charge in [0.05, 0.1) is 12.0 Å². The number of hydrogen-bond acceptors (Lipinski definition) is 3. The molecule has 0 N–H and O–H groups in total. The Morgan fingerprint density at radius 2 is 1.95 bits per heavy atom. The van der Waals surface area contributed by atoms with Gasteiger partial charge in [-0.2, -0.15) is 13.2 Å². The molecule has 0 aliphatic carbocycles. The van der Waals surface area contributed by atoms with Crippen molar-refractivity contribution in [2.24, 2.45) is 11.3 Å². The fourth-order valence-electron chi connectivity index (χ4n) is 1.81. The molecule has 0 unspecified atom stereocenters. The molecule has 1 heterocycles. The Kier molecular flexibility index (Phi) is 4.17. The molecule has 110 valence electrons. The number of ether oxygens (including phenoxy) is 1. The second-order valence-corrected chi connectivity index (χ2v) is 5.87. The van der Waals surface area contributed by atoms with Crippen LogP contribution in [0.25, 0.3) is 0 Å². The van der Waals surface area contributed by atoms with Crippen molar-refractivity contribution < 1.29 is 27.5 Å². The maximum Gasteiger partial charge on any atom is 0.416 e. The van der Waals surface area contributed by atoms with E-state index in [4.69, 9.17) is 4.74 Å². The third-order valence-corrected chi connectivity index (χ3v) is 3.18. The van der Waals surface area contributed by atoms with Crippen LogP contribution in [0.5, 0.6) is 0 Å². The Morgan fingerprint density at radius 1 is 1.42 bits per heavy atom. The summed E-state index contributed by atoms with van der Waals surface area (Å²) in [4.78, 5) is 24.2. The largest absolute Gasteiger partial charge is 0.447 e. The van der Waals surface area contributed by atoms with Gasteiger partial charge in [-0.25, -0.2) is 9.69 Å². The predicted molar refractivity (Wildman–Crippen MR) is 61.3 cm³/mol. The van der Waals surface area contributed by atoms with E-state index in [0.29, 0.717) is 0 Å². The van der Waals surface area contributed by atoms with Crippen molar-refractivity contribution in [3.05, 3.63) is 0 Å². The highest BCUT2D eigenvalue weighted by Gasteiger charge is 2.46. The zero-order valence-corrected chi connectivity index (χ0v) is 11.4. The lowest BCUT2D eigenvalue weighted by molar-refractivity contribution is -0.176. The predicted octanol–water partition coefficient (Wildman–Crippen LogP) is 2.97. The topological polar surface area (TPSA) is 46.6 Å². The lowest BCUT2D eigenvalue weighted by Gasteiger charge is -2.31. The monoisotopic (exact) mass is 281 g/mol. The molecule has 1 aliphatic heterocycles. The van der Waals surface area contributed by atoms with E-state index in [-0.39, 0.29) is 6.61 Å². The minimum absolute atomic E-state index is 0.0223. The molecular weight excluding hydrogens is 263 g/mol. The first-order valence-corrected chi connectivity index (χ1v) is 6.00. The van der Waals surface area contributed by atoms with Gasteiger partial charge in [-0.15, -0.1) is 0 Å². The summed E-state index contributed by atoms with van der Waals surface area (Å²) in [6.07, 6.45) is -6.05. The number of carbonyl (C=O) groups is 2. The Morgan fingerprint density at radius 3 is 2.37 bits per heavy atom. The number of nitrogens with zero attached hydrogens (tertiary/aromatic N) is 1. The van der Waals surface area contributed by atoms with E-state index in [1.807, 2.05) is 0 Å². The van der Waals surface area contributed by atoms with Gasteiger partial charge in [-0.05, 0) is 5.41 Å². The molecular formula is C12H18F3NO3. The number of alkyl halides is 3. The summed E-state index contributed by atoms with van der Waals surface area (Å²) in [6.45, 7) is 6.34. The molecule has 7 heteroatoms. The van der Waals surface area contributed by atoms with Crippen LogP contribution in [0.3, 0.4) is 0 Å². The van der Waals surface area contributed by atoms with Crippen molar-refractivity contribution in [3.8, 4) is 0 Å². The van der Waals surface area contributed by atoms with Crippen LogP contribution >= 0.6 is 0 Å². The number of hydrogen-bond donors (Lipinski definition) is 0. The van der Waals surface area contributed by atoms with Crippen molar-refractivity contribution in [3.63, 3.8) is 0 Å². The second-order valence-electron chi connectivity index (χ2n) is 5.87. The van der Waals surface area contributed by atoms with Gasteiger partial charge in [-0.3, -0.25) is 4.79 Å². The van der Waals surface area contributed by atoms with Crippen LogP contribution in [0.1, 0.15) is 34.1 Å². The summed E-state index contributed by atoms with van der Waals surface area (Å²) in [7, 11) is 0. The number of carbonyl (C=O) groups excluding carboxylic acids is 2. The van der Waals surface area contributed by atoms with Crippen molar-refractivity contribution in [1.82, 2.24) is 4.90 Å². The number of rotatable bonds is 2. The molecule has 0 aromatic rings. The highest BCUT2D eigenvalue weighted by molar-refractivity contribution is 5.93. The fourth-order valence-corrected chi connectivity index (χ4v) is 1.81. The Balaban J connectivity index is 2.82. The van der Waals surface area contributed by atoms with Gasteiger partial charge in [0.1, 0.15) is 6.61 Å². The van der Waals surface area contributed by atoms with E-state index in [1.165, 1.54) is 0 Å². The van der Waals surface area contributed by atoms with E-state index < -0.39 is 42.0 Å². The van der Waals surface area contributed by atoms with Gasteiger partial charge >= 0.3 is 12.3 Å². The van der Waals surface area contributed by atoms with Crippen LogP contribution in [0, 0.1) is 11.3 Å². The number of amides is 2. The zero-order chi connectivity index (χ0) is 15.0. The molecule has 0 saturated carbocycles. The van der Waals surface area contributed by atoms with Crippen LogP contribution in [0.4, 0.5) is 18.0 Å². The normalized spacial score (nSPS) is 22.4. The van der Waals surface area contributed by atoms with E-state index in [1.54, 1.807) is 20.8 Å². The van der Waals surface area contributed by atoms with Gasteiger partial charge in [0.15, 0.2) is 0 Å². The quantitative estimate of drug-likeness (QED) is 0.781. The summed E-state index contributed by atoms with van der Waals surface area (Å²) >= 11 is 0. The first-order chi connectivity index (χ1) is 8.44. The van der Waals surface area contributed by atoms with Crippen molar-refractivity contribution >= 4 is 12.0 Å². The molecule has 1 rings (SSSR count). The van der Waals surface area contributed by atoms with Crippen LogP contribution in [-0.2, 0) is 9.53 Å². The lowest BCUT2D eigenvalue weighted by Crippen LogP contribution is -2.46. The average Bonchev–Trinajstić information content (AvgIpc) is 2.57. The molecule has 0 spiro atoms. The first kappa shape index (κ1) is 15.8. The molecule has 1 saturated heterocycles. The lowest BCUT2D eigenvalue weighted by atomic mass is 9.86. The summed E-state index contributed by atoms with van der Waals surface area (Å²) in [5.41, 5.74) is -0.441. The first-order valence-electron chi connectivity index (χ1n) is 6.00. The average molecular weight is 281 g/mol. The Hall–Kier alpha value is -1.27. The van der Waals surface area contributed by atoms with Gasteiger partial charge in [0.25, 0.3) is 0 Å². The minimum atomic E-state index is -4.45. The van der Waals surface area contributed by atoms with Crippen molar-refractivity contribution in [2.75, 3.05) is 6.61 Å². The molecule has 0 aromatic heterocycles. The smallest absolute Gasteiger partial charge is 0.416 e. The molecule has 4 nitrogen and oxygen atoms in total. The zero-order valence-electron chi connectivity index (χ0n) is 11.4. The van der Waals surface area contributed by atoms with Gasteiger partial charge in [0, 0.05) is 6.42 Å². The highest BCUT2D eigenvalue weighted by Crippen LogP contribution is 2.33. The Bertz CT molecular complexity index is 373. The molecule has 0 radical (unpaired) electrons. The molecule has 0 aromatic carbocycles. The number of halogens is 3. The van der Waals surface area contributed by atoms with E-state index in [9.17, 15) is 22.8 Å². The second kappa shape index (κ2) is 5.02. The summed E-state index contributed by atoms with van der Waals surface area (Å²) in [5, 5.41) is 0. The third kappa shape index (κ3) is 3.61. The van der Waals surface area contributed by atoms with Gasteiger partial charge < -0.3 is 4.74 Å². The molecule has 2 amide bonds. The summed E-state index contributed by atoms with van der Waals surface area (Å²) in [5.74, 6) is -2.62. The van der Waals surface area contributed by atoms with Gasteiger partial charge in [-0.1, -0.05) is 27.7 Å². The van der Waals surface area contributed by atoms with E-state index in [2.05, 4.69) is 0 Å². The molecule has 19 heavy (non-hydrogen) atoms. The van der Waals surface area contributed by atoms with Crippen LogP contribution in [-0.4, -0.2) is 35.7 Å². The van der Waals surface area contributed by atoms with Crippen LogP contribution in [0.15, 0.2) is 0 Å². The van der Waals surface area contributed by atoms with Crippen molar-refractivity contribution in [1.29, 1.82) is 0 Å². The highest BCUT2D eigenvalue weighted by atomic mass is 19.4. The minimum Gasteiger partial charge on any atom is -0.447 e. The fraction of sp³-hybridized carbons (Fsp3) is 0.833. The third-order valence-electron chi connectivity index (χ3n) is 3.18. The van der Waals surface area contributed by atoms with Crippen LogP contribution in [0.2, 0.25) is 0 Å². The summed E-state index contributed by atoms with van der Waals surface area (Å²) < 4.78 is 42.1. The maximum absolute atomic E-state index is 12.4. The van der Waals surface area contributed by atoms with E-state index >= 15 is 0 Å². The molecule has 2 atom stereocenters. The van der Waals surface area contributed by atoms with Crippen molar-refractivity contribution in [2.45, 2.75) is 46.3 Å². The summed E-state index contributed by atoms with van der Waals surface area (Å²) in [6, 6.07) is -0.534. The van der Waals surface area contributed by atoms with Gasteiger partial charge in [0.2, 0.25) is 5.91 Å². The van der Waals surface area contributed by atoms with Crippen LogP contribution < -0.4 is 0 Å². The number of cyclic esters (lactones) is 1.